The topological polar surface area (TPSA) is 50.7 Å². The van der Waals surface area contributed by atoms with Crippen LogP contribution in [0.25, 0.3) is 6.08 Å². The number of rotatable bonds is 2. The van der Waals surface area contributed by atoms with E-state index in [9.17, 15) is 4.79 Å². The first-order valence-electron chi connectivity index (χ1n) is 7.43. The highest BCUT2D eigenvalue weighted by Crippen LogP contribution is 2.20. The minimum absolute atomic E-state index is 0.0347. The van der Waals surface area contributed by atoms with Crippen LogP contribution in [0.4, 0.5) is 5.69 Å². The quantitative estimate of drug-likeness (QED) is 0.660. The number of furan rings is 1. The zero-order valence-corrected chi connectivity index (χ0v) is 15.3. The zero-order chi connectivity index (χ0) is 16.7. The molecule has 0 aliphatic carbocycles. The predicted molar refractivity (Wildman–Crippen MR) is 97.9 cm³/mol. The smallest absolute Gasteiger partial charge is 0.271 e. The van der Waals surface area contributed by atoms with E-state index >= 15 is 0 Å². The van der Waals surface area contributed by atoms with Gasteiger partial charge in [0.05, 0.1) is 4.53 Å². The van der Waals surface area contributed by atoms with Crippen LogP contribution in [0.3, 0.4) is 0 Å². The van der Waals surface area contributed by atoms with Crippen LogP contribution in [-0.4, -0.2) is 11.2 Å². The van der Waals surface area contributed by atoms with Crippen molar-refractivity contribution in [3.8, 4) is 0 Å². The molecule has 5 nitrogen and oxygen atoms in total. The lowest BCUT2D eigenvalue weighted by molar-refractivity contribution is 0.524. The number of hydrogen-bond donors (Lipinski definition) is 0. The molecule has 3 heterocycles. The monoisotopic (exact) mass is 403 g/mol. The van der Waals surface area contributed by atoms with Crippen molar-refractivity contribution in [3.05, 3.63) is 72.1 Å². The van der Waals surface area contributed by atoms with Gasteiger partial charge in [0, 0.05) is 16.2 Å². The number of thiazole rings is 1. The number of nitrogens with zero attached hydrogens (tertiary/aromatic N) is 3. The summed E-state index contributed by atoms with van der Waals surface area (Å²) in [6.45, 7) is 2.92. The summed E-state index contributed by atoms with van der Waals surface area (Å²) < 4.78 is 8.88. The average molecular weight is 404 g/mol. The summed E-state index contributed by atoms with van der Waals surface area (Å²) in [7, 11) is 0. The molecule has 0 fully saturated rings. The fraction of sp³-hybridized carbons (Fsp3) is 0.176. The number of fused-ring (bicyclic) bond motifs is 1. The molecule has 2 aromatic heterocycles. The Morgan fingerprint density at radius 1 is 1.33 bits per heavy atom. The molecule has 4 rings (SSSR count). The van der Waals surface area contributed by atoms with E-state index in [2.05, 4.69) is 25.8 Å². The van der Waals surface area contributed by atoms with Crippen LogP contribution >= 0.6 is 27.3 Å². The molecule has 0 amide bonds. The van der Waals surface area contributed by atoms with Gasteiger partial charge >= 0.3 is 0 Å². The molecule has 0 saturated carbocycles. The van der Waals surface area contributed by atoms with E-state index in [1.807, 2.05) is 43.3 Å². The number of aromatic nitrogens is 1. The molecule has 1 aliphatic heterocycles. The number of anilines is 1. The SMILES string of the molecule is Cc1ccc(/C=c2/sc3n(c2=O)CN(c2cccc(Br)c2)CN=3)o1. The Morgan fingerprint density at radius 3 is 2.96 bits per heavy atom. The Labute approximate surface area is 150 Å². The van der Waals surface area contributed by atoms with Crippen LogP contribution in [0.15, 0.2) is 55.1 Å². The number of aryl methyl sites for hydroxylation is 1. The first kappa shape index (κ1) is 15.4. The molecule has 0 bridgehead atoms. The molecule has 0 saturated heterocycles. The maximum atomic E-state index is 12.7. The van der Waals surface area contributed by atoms with Gasteiger partial charge in [0.1, 0.15) is 24.9 Å². The predicted octanol–water partition coefficient (Wildman–Crippen LogP) is 2.46. The Kier molecular flexibility index (Phi) is 3.90. The van der Waals surface area contributed by atoms with Gasteiger partial charge < -0.3 is 9.32 Å². The molecule has 3 aromatic rings. The molecule has 122 valence electrons. The lowest BCUT2D eigenvalue weighted by Gasteiger charge is -2.25. The molecular weight excluding hydrogens is 390 g/mol. The van der Waals surface area contributed by atoms with E-state index in [0.29, 0.717) is 23.6 Å². The van der Waals surface area contributed by atoms with Gasteiger partial charge in [0.25, 0.3) is 5.56 Å². The minimum Gasteiger partial charge on any atom is -0.462 e. The summed E-state index contributed by atoms with van der Waals surface area (Å²) in [4.78, 5) is 20.0. The highest BCUT2D eigenvalue weighted by atomic mass is 79.9. The van der Waals surface area contributed by atoms with Crippen molar-refractivity contribution in [3.63, 3.8) is 0 Å². The van der Waals surface area contributed by atoms with Crippen molar-refractivity contribution in [1.29, 1.82) is 0 Å². The Hall–Kier alpha value is -2.12. The highest BCUT2D eigenvalue weighted by Gasteiger charge is 2.16. The second kappa shape index (κ2) is 6.07. The van der Waals surface area contributed by atoms with Gasteiger partial charge in [-0.15, -0.1) is 0 Å². The van der Waals surface area contributed by atoms with Gasteiger partial charge in [0.15, 0.2) is 4.80 Å². The van der Waals surface area contributed by atoms with Gasteiger partial charge in [-0.2, -0.15) is 0 Å². The van der Waals surface area contributed by atoms with Crippen LogP contribution in [-0.2, 0) is 6.67 Å². The standard InChI is InChI=1S/C17H14BrN3O2S/c1-11-5-6-14(23-11)8-15-16(22)21-10-20(9-19-17(21)24-15)13-4-2-3-12(18)7-13/h2-8H,9-10H2,1H3/b15-8+. The zero-order valence-electron chi connectivity index (χ0n) is 12.9. The first-order chi connectivity index (χ1) is 11.6. The molecular formula is C17H14BrN3O2S. The van der Waals surface area contributed by atoms with E-state index in [1.54, 1.807) is 10.6 Å². The van der Waals surface area contributed by atoms with E-state index < -0.39 is 0 Å². The normalized spacial score (nSPS) is 14.6. The number of benzene rings is 1. The minimum atomic E-state index is -0.0347. The molecule has 0 spiro atoms. The Balaban J connectivity index is 1.73. The van der Waals surface area contributed by atoms with Gasteiger partial charge in [-0.25, -0.2) is 4.99 Å². The molecule has 24 heavy (non-hydrogen) atoms. The van der Waals surface area contributed by atoms with E-state index in [0.717, 1.165) is 20.7 Å². The van der Waals surface area contributed by atoms with Crippen molar-refractivity contribution < 1.29 is 4.42 Å². The van der Waals surface area contributed by atoms with Crippen molar-refractivity contribution in [2.24, 2.45) is 4.99 Å². The largest absolute Gasteiger partial charge is 0.462 e. The molecule has 0 N–H and O–H groups in total. The van der Waals surface area contributed by atoms with E-state index in [1.165, 1.54) is 11.3 Å². The Bertz CT molecular complexity index is 1080. The summed E-state index contributed by atoms with van der Waals surface area (Å²) in [5, 5.41) is 0. The van der Waals surface area contributed by atoms with E-state index in [-0.39, 0.29) is 5.56 Å². The molecule has 0 atom stereocenters. The maximum Gasteiger partial charge on any atom is 0.271 e. The second-order valence-corrected chi connectivity index (χ2v) is 7.46. The average Bonchev–Trinajstić information content (AvgIpc) is 3.11. The molecule has 0 unspecified atom stereocenters. The van der Waals surface area contributed by atoms with Crippen LogP contribution in [0, 0.1) is 6.92 Å². The van der Waals surface area contributed by atoms with Crippen molar-refractivity contribution in [2.75, 3.05) is 11.6 Å². The van der Waals surface area contributed by atoms with Gasteiger partial charge in [-0.05, 0) is 37.3 Å². The van der Waals surface area contributed by atoms with Crippen LogP contribution < -0.4 is 19.8 Å². The van der Waals surface area contributed by atoms with Gasteiger partial charge in [0.2, 0.25) is 0 Å². The van der Waals surface area contributed by atoms with Crippen molar-refractivity contribution >= 4 is 39.0 Å². The summed E-state index contributed by atoms with van der Waals surface area (Å²) in [5.74, 6) is 1.51. The summed E-state index contributed by atoms with van der Waals surface area (Å²) >= 11 is 4.88. The summed E-state index contributed by atoms with van der Waals surface area (Å²) in [6, 6.07) is 11.7. The highest BCUT2D eigenvalue weighted by molar-refractivity contribution is 9.10. The summed E-state index contributed by atoms with van der Waals surface area (Å²) in [5.41, 5.74) is 0.997. The molecule has 0 radical (unpaired) electrons. The Morgan fingerprint density at radius 2 is 2.21 bits per heavy atom. The first-order valence-corrected chi connectivity index (χ1v) is 9.04. The lowest BCUT2D eigenvalue weighted by Crippen LogP contribution is -2.42. The van der Waals surface area contributed by atoms with Crippen LogP contribution in [0.1, 0.15) is 11.5 Å². The third kappa shape index (κ3) is 2.85. The number of hydrogen-bond acceptors (Lipinski definition) is 5. The van der Waals surface area contributed by atoms with E-state index in [4.69, 9.17) is 4.42 Å². The fourth-order valence-electron chi connectivity index (χ4n) is 2.61. The summed E-state index contributed by atoms with van der Waals surface area (Å²) in [6.07, 6.45) is 1.78. The molecule has 7 heteroatoms. The fourth-order valence-corrected chi connectivity index (χ4v) is 3.94. The molecule has 1 aromatic carbocycles. The molecule has 1 aliphatic rings. The second-order valence-electron chi connectivity index (χ2n) is 5.54. The lowest BCUT2D eigenvalue weighted by atomic mass is 10.3. The van der Waals surface area contributed by atoms with Crippen LogP contribution in [0.2, 0.25) is 0 Å². The third-order valence-corrected chi connectivity index (χ3v) is 5.32. The maximum absolute atomic E-state index is 12.7. The van der Waals surface area contributed by atoms with Crippen molar-refractivity contribution in [2.45, 2.75) is 13.6 Å². The van der Waals surface area contributed by atoms with Gasteiger partial charge in [-0.1, -0.05) is 33.3 Å². The third-order valence-electron chi connectivity index (χ3n) is 3.78. The van der Waals surface area contributed by atoms with Crippen LogP contribution in [0.5, 0.6) is 0 Å². The van der Waals surface area contributed by atoms with Crippen molar-refractivity contribution in [1.82, 2.24) is 4.57 Å². The number of halogens is 1. The van der Waals surface area contributed by atoms with Gasteiger partial charge in [-0.3, -0.25) is 9.36 Å².